The van der Waals surface area contributed by atoms with Crippen molar-refractivity contribution in [3.05, 3.63) is 33.4 Å². The monoisotopic (exact) mass is 370 g/mol. The van der Waals surface area contributed by atoms with E-state index in [1.165, 1.54) is 31.2 Å². The maximum atomic E-state index is 12.1. The van der Waals surface area contributed by atoms with Crippen molar-refractivity contribution in [2.24, 2.45) is 0 Å². The summed E-state index contributed by atoms with van der Waals surface area (Å²) in [5.74, 6) is -1.26. The molecule has 1 aromatic rings. The summed E-state index contributed by atoms with van der Waals surface area (Å²) < 4.78 is 5.03. The molecule has 0 aromatic heterocycles. The van der Waals surface area contributed by atoms with Gasteiger partial charge in [-0.25, -0.2) is 9.59 Å². The number of hydrogen-bond acceptors (Lipinski definition) is 5. The summed E-state index contributed by atoms with van der Waals surface area (Å²) in [6.07, 6.45) is 0. The van der Waals surface area contributed by atoms with Gasteiger partial charge in [0.2, 0.25) is 0 Å². The zero-order chi connectivity index (χ0) is 16.6. The molecule has 0 saturated carbocycles. The summed E-state index contributed by atoms with van der Waals surface area (Å²) in [7, 11) is 2.79. The first-order valence-electron chi connectivity index (χ1n) is 6.32. The van der Waals surface area contributed by atoms with Crippen molar-refractivity contribution in [2.45, 2.75) is 13.0 Å². The van der Waals surface area contributed by atoms with Crippen molar-refractivity contribution < 1.29 is 24.5 Å². The topological polar surface area (TPSA) is 99.1 Å². The van der Waals surface area contributed by atoms with Crippen LogP contribution in [0.4, 0.5) is 4.79 Å². The Kier molecular flexibility index (Phi) is 4.32. The Morgan fingerprint density at radius 2 is 2.05 bits per heavy atom. The fourth-order valence-corrected chi connectivity index (χ4v) is 2.70. The number of rotatable bonds is 2. The minimum absolute atomic E-state index is 0.248. The third kappa shape index (κ3) is 2.61. The van der Waals surface area contributed by atoms with Crippen LogP contribution in [0.25, 0.3) is 0 Å². The van der Waals surface area contributed by atoms with Gasteiger partial charge in [0.05, 0.1) is 23.2 Å². The van der Waals surface area contributed by atoms with Crippen LogP contribution in [0.2, 0.25) is 0 Å². The average Bonchev–Trinajstić information content (AvgIpc) is 2.48. The first kappa shape index (κ1) is 16.2. The van der Waals surface area contributed by atoms with Crippen LogP contribution in [0.1, 0.15) is 18.5 Å². The summed E-state index contributed by atoms with van der Waals surface area (Å²) in [5.41, 5.74) is 1.13. The molecule has 0 saturated heterocycles. The van der Waals surface area contributed by atoms with Gasteiger partial charge in [0, 0.05) is 12.7 Å². The number of carbonyl (C=O) groups is 2. The van der Waals surface area contributed by atoms with E-state index >= 15 is 0 Å². The molecule has 1 aliphatic heterocycles. The quantitative estimate of drug-likeness (QED) is 0.546. The number of benzene rings is 1. The van der Waals surface area contributed by atoms with Crippen molar-refractivity contribution >= 4 is 27.9 Å². The normalized spacial score (nSPS) is 18.3. The highest BCUT2D eigenvalue weighted by molar-refractivity contribution is 9.10. The first-order valence-corrected chi connectivity index (χ1v) is 7.11. The van der Waals surface area contributed by atoms with Crippen molar-refractivity contribution in [1.29, 1.82) is 0 Å². The number of amides is 2. The summed E-state index contributed by atoms with van der Waals surface area (Å²) in [5, 5.41) is 22.0. The van der Waals surface area contributed by atoms with E-state index in [1.54, 1.807) is 6.92 Å². The highest BCUT2D eigenvalue weighted by Gasteiger charge is 2.35. The van der Waals surface area contributed by atoms with Crippen LogP contribution in [0.15, 0.2) is 27.9 Å². The molecule has 0 spiro atoms. The van der Waals surface area contributed by atoms with Crippen LogP contribution in [0, 0.1) is 0 Å². The Labute approximate surface area is 135 Å². The van der Waals surface area contributed by atoms with Crippen LogP contribution in [-0.4, -0.2) is 41.3 Å². The fourth-order valence-electron chi connectivity index (χ4n) is 2.23. The minimum atomic E-state index is -0.793. The zero-order valence-electron chi connectivity index (χ0n) is 12.2. The number of nitrogens with one attached hydrogen (secondary N) is 1. The molecule has 1 heterocycles. The van der Waals surface area contributed by atoms with E-state index in [1.807, 2.05) is 0 Å². The van der Waals surface area contributed by atoms with Gasteiger partial charge in [-0.05, 0) is 40.5 Å². The van der Waals surface area contributed by atoms with Crippen LogP contribution < -0.4 is 5.32 Å². The molecule has 22 heavy (non-hydrogen) atoms. The lowest BCUT2D eigenvalue weighted by molar-refractivity contribution is -0.136. The maximum absolute atomic E-state index is 12.1. The number of allylic oxidation sites excluding steroid dienone is 1. The number of methoxy groups -OCH3 is 1. The van der Waals surface area contributed by atoms with Crippen molar-refractivity contribution in [3.8, 4) is 11.5 Å². The average molecular weight is 371 g/mol. The van der Waals surface area contributed by atoms with Gasteiger partial charge in [0.25, 0.3) is 0 Å². The number of phenols is 2. The van der Waals surface area contributed by atoms with Crippen LogP contribution in [0.5, 0.6) is 11.5 Å². The lowest BCUT2D eigenvalue weighted by Crippen LogP contribution is -2.46. The molecule has 8 heteroatoms. The molecular weight excluding hydrogens is 356 g/mol. The standard InChI is InChI=1S/C14H15BrN2O5/c1-6-10(13(20)22-3)11(16-14(21)17(6)2)7-4-8(15)12(19)9(18)5-7/h4-5,11,18-19H,1-3H3,(H,16,21)/t11-/m0/s1. The molecule has 118 valence electrons. The number of halogens is 1. The van der Waals surface area contributed by atoms with E-state index in [0.29, 0.717) is 11.3 Å². The lowest BCUT2D eigenvalue weighted by Gasteiger charge is -2.33. The van der Waals surface area contributed by atoms with Gasteiger partial charge in [-0.2, -0.15) is 0 Å². The Hall–Kier alpha value is -2.22. The number of nitrogens with zero attached hydrogens (tertiary/aromatic N) is 1. The molecule has 0 aliphatic carbocycles. The summed E-state index contributed by atoms with van der Waals surface area (Å²) in [6.45, 7) is 1.63. The summed E-state index contributed by atoms with van der Waals surface area (Å²) >= 11 is 3.11. The van der Waals surface area contributed by atoms with Gasteiger partial charge >= 0.3 is 12.0 Å². The highest BCUT2D eigenvalue weighted by Crippen LogP contribution is 2.39. The van der Waals surface area contributed by atoms with Crippen LogP contribution >= 0.6 is 15.9 Å². The maximum Gasteiger partial charge on any atom is 0.337 e. The third-order valence-corrected chi connectivity index (χ3v) is 4.16. The van der Waals surface area contributed by atoms with Gasteiger partial charge in [0.15, 0.2) is 11.5 Å². The molecule has 0 bridgehead atoms. The Morgan fingerprint density at radius 3 is 2.59 bits per heavy atom. The molecule has 1 atom stereocenters. The van der Waals surface area contributed by atoms with Crippen molar-refractivity contribution in [3.63, 3.8) is 0 Å². The van der Waals surface area contributed by atoms with E-state index in [-0.39, 0.29) is 27.6 Å². The number of ether oxygens (including phenoxy) is 1. The molecule has 0 unspecified atom stereocenters. The van der Waals surface area contributed by atoms with E-state index in [0.717, 1.165) is 0 Å². The Balaban J connectivity index is 2.61. The number of hydrogen-bond donors (Lipinski definition) is 3. The smallest absolute Gasteiger partial charge is 0.337 e. The van der Waals surface area contributed by atoms with E-state index in [2.05, 4.69) is 21.2 Å². The van der Waals surface area contributed by atoms with E-state index < -0.39 is 12.0 Å². The summed E-state index contributed by atoms with van der Waals surface area (Å²) in [6, 6.07) is 1.62. The van der Waals surface area contributed by atoms with Gasteiger partial charge in [0.1, 0.15) is 0 Å². The predicted molar refractivity (Wildman–Crippen MR) is 81.2 cm³/mol. The number of aromatic hydroxyl groups is 2. The molecule has 2 amide bonds. The van der Waals surface area contributed by atoms with E-state index in [4.69, 9.17) is 4.74 Å². The second-order valence-corrected chi connectivity index (χ2v) is 5.66. The third-order valence-electron chi connectivity index (χ3n) is 3.56. The number of phenolic OH excluding ortho intramolecular Hbond substituents is 2. The SMILES string of the molecule is COC(=O)C1=C(C)N(C)C(=O)N[C@H]1c1cc(O)c(O)c(Br)c1. The zero-order valence-corrected chi connectivity index (χ0v) is 13.8. The Bertz CT molecular complexity index is 663. The molecule has 0 radical (unpaired) electrons. The highest BCUT2D eigenvalue weighted by atomic mass is 79.9. The van der Waals surface area contributed by atoms with E-state index in [9.17, 15) is 19.8 Å². The predicted octanol–water partition coefficient (Wildman–Crippen LogP) is 2.00. The molecule has 3 N–H and O–H groups in total. The molecule has 0 fully saturated rings. The number of urea groups is 1. The van der Waals surface area contributed by atoms with Gasteiger partial charge in [-0.3, -0.25) is 0 Å². The first-order chi connectivity index (χ1) is 10.3. The van der Waals surface area contributed by atoms with Crippen molar-refractivity contribution in [1.82, 2.24) is 10.2 Å². The minimum Gasteiger partial charge on any atom is -0.504 e. The molecular formula is C14H15BrN2O5. The molecule has 7 nitrogen and oxygen atoms in total. The van der Waals surface area contributed by atoms with Gasteiger partial charge in [-0.1, -0.05) is 0 Å². The second kappa shape index (κ2) is 5.88. The lowest BCUT2D eigenvalue weighted by atomic mass is 9.95. The van der Waals surface area contributed by atoms with Crippen molar-refractivity contribution in [2.75, 3.05) is 14.2 Å². The second-order valence-electron chi connectivity index (χ2n) is 4.80. The Morgan fingerprint density at radius 1 is 1.41 bits per heavy atom. The van der Waals surface area contributed by atoms with Gasteiger partial charge < -0.3 is 25.2 Å². The summed E-state index contributed by atoms with van der Waals surface area (Å²) in [4.78, 5) is 25.4. The van der Waals surface area contributed by atoms with Crippen LogP contribution in [-0.2, 0) is 9.53 Å². The number of esters is 1. The largest absolute Gasteiger partial charge is 0.504 e. The van der Waals surface area contributed by atoms with Crippen LogP contribution in [0.3, 0.4) is 0 Å². The van der Waals surface area contributed by atoms with Gasteiger partial charge in [-0.15, -0.1) is 0 Å². The molecule has 2 rings (SSSR count). The fraction of sp³-hybridized carbons (Fsp3) is 0.286. The number of carbonyl (C=O) groups excluding carboxylic acids is 2. The molecule has 1 aromatic carbocycles. The molecule has 1 aliphatic rings.